The molecule has 0 aromatic heterocycles. The Morgan fingerprint density at radius 1 is 1.10 bits per heavy atom. The van der Waals surface area contributed by atoms with Crippen LogP contribution in [0.1, 0.15) is 54.4 Å². The first kappa shape index (κ1) is 20.9. The van der Waals surface area contributed by atoms with Gasteiger partial charge in [0, 0.05) is 12.5 Å². The van der Waals surface area contributed by atoms with E-state index < -0.39 is 0 Å². The van der Waals surface area contributed by atoms with Gasteiger partial charge in [0.05, 0.1) is 23.0 Å². The first-order chi connectivity index (χ1) is 8.40. The summed E-state index contributed by atoms with van der Waals surface area (Å²) in [5.41, 5.74) is -0.307. The molecule has 0 amide bonds. The van der Waals surface area contributed by atoms with Gasteiger partial charge in [-0.15, -0.1) is 0 Å². The first-order valence-electron chi connectivity index (χ1n) is 6.29. The summed E-state index contributed by atoms with van der Waals surface area (Å²) in [5, 5.41) is 25.6. The van der Waals surface area contributed by atoms with Gasteiger partial charge >= 0.3 is 0 Å². The molecule has 114 valence electrons. The molecule has 2 aliphatic carbocycles. The second-order valence-electron chi connectivity index (χ2n) is 6.11. The molecule has 0 radical (unpaired) electrons. The largest absolute Gasteiger partial charge is 0.396 e. The van der Waals surface area contributed by atoms with Crippen LogP contribution in [0.4, 0.5) is 0 Å². The number of hydrogen-bond acceptors (Lipinski definition) is 4. The van der Waals surface area contributed by atoms with Crippen molar-refractivity contribution in [3.8, 4) is 12.1 Å². The lowest BCUT2D eigenvalue weighted by molar-refractivity contribution is -0.115. The molecule has 20 heavy (non-hydrogen) atoms. The maximum atomic E-state index is 10.1. The summed E-state index contributed by atoms with van der Waals surface area (Å²) >= 11 is 0. The Morgan fingerprint density at radius 3 is 1.80 bits per heavy atom. The minimum atomic E-state index is -0.189. The lowest BCUT2D eigenvalue weighted by Crippen LogP contribution is -2.34. The number of aliphatic hydroxyl groups excluding tert-OH is 1. The van der Waals surface area contributed by atoms with Crippen LogP contribution in [0.2, 0.25) is 0 Å². The van der Waals surface area contributed by atoms with Gasteiger partial charge < -0.3 is 9.90 Å². The second kappa shape index (κ2) is 8.02. The Morgan fingerprint density at radius 2 is 1.50 bits per heavy atom. The molecule has 0 bridgehead atoms. The van der Waals surface area contributed by atoms with Crippen molar-refractivity contribution in [1.29, 1.82) is 10.5 Å². The van der Waals surface area contributed by atoms with Crippen molar-refractivity contribution in [2.75, 3.05) is 6.61 Å². The third-order valence-corrected chi connectivity index (χ3v) is 3.89. The fourth-order valence-electron chi connectivity index (χ4n) is 2.72. The Bertz CT molecular complexity index is 380. The molecule has 0 unspecified atom stereocenters. The predicted molar refractivity (Wildman–Crippen MR) is 79.5 cm³/mol. The van der Waals surface area contributed by atoms with Gasteiger partial charge in [-0.2, -0.15) is 10.5 Å². The zero-order chi connectivity index (χ0) is 13.8. The number of nitriles is 2. The normalized spacial score (nSPS) is 36.9. The van der Waals surface area contributed by atoms with Crippen molar-refractivity contribution >= 4 is 6.29 Å². The average Bonchev–Trinajstić information content (AvgIpc) is 2.31. The topological polar surface area (TPSA) is 84.9 Å². The highest BCUT2D eigenvalue weighted by Crippen LogP contribution is 2.44. The van der Waals surface area contributed by atoms with Crippen LogP contribution in [0.5, 0.6) is 0 Å². The lowest BCUT2D eigenvalue weighted by Gasteiger charge is -2.38. The van der Waals surface area contributed by atoms with Crippen molar-refractivity contribution in [3.63, 3.8) is 0 Å². The minimum Gasteiger partial charge on any atom is -0.396 e. The van der Waals surface area contributed by atoms with E-state index in [-0.39, 0.29) is 38.2 Å². The fourth-order valence-corrected chi connectivity index (χ4v) is 2.72. The Labute approximate surface area is 123 Å². The third kappa shape index (κ3) is 4.94. The number of carbonyl (C=O) groups is 1. The van der Waals surface area contributed by atoms with E-state index >= 15 is 0 Å². The Hall–Kier alpha value is -1.39. The summed E-state index contributed by atoms with van der Waals surface area (Å²) in [6.07, 6.45) is 4.21. The molecule has 0 aromatic rings. The van der Waals surface area contributed by atoms with Crippen molar-refractivity contribution in [1.82, 2.24) is 0 Å². The van der Waals surface area contributed by atoms with E-state index in [9.17, 15) is 4.79 Å². The fraction of sp³-hybridized carbons (Fsp3) is 0.812. The molecule has 0 aliphatic heterocycles. The van der Waals surface area contributed by atoms with E-state index in [1.807, 2.05) is 13.8 Å². The molecule has 0 heterocycles. The van der Waals surface area contributed by atoms with E-state index in [4.69, 9.17) is 15.6 Å². The van der Waals surface area contributed by atoms with Crippen LogP contribution in [0.15, 0.2) is 0 Å². The van der Waals surface area contributed by atoms with Gasteiger partial charge in [-0.1, -0.05) is 14.9 Å². The minimum absolute atomic E-state index is 0. The highest BCUT2D eigenvalue weighted by atomic mass is 16.3. The van der Waals surface area contributed by atoms with Gasteiger partial charge in [-0.25, -0.2) is 0 Å². The lowest BCUT2D eigenvalue weighted by atomic mass is 9.64. The molecule has 2 aliphatic rings. The number of nitrogens with zero attached hydrogens (tertiary/aromatic N) is 2. The molecular weight excluding hydrogens is 252 g/mol. The molecule has 0 aromatic carbocycles. The second-order valence-corrected chi connectivity index (χ2v) is 6.11. The quantitative estimate of drug-likeness (QED) is 0.786. The smallest absolute Gasteiger partial charge is 0.123 e. The summed E-state index contributed by atoms with van der Waals surface area (Å²) in [6.45, 7) is 4.09. The van der Waals surface area contributed by atoms with E-state index in [0.29, 0.717) is 5.92 Å². The van der Waals surface area contributed by atoms with E-state index in [2.05, 4.69) is 12.1 Å². The van der Waals surface area contributed by atoms with Gasteiger partial charge in [-0.05, 0) is 45.4 Å². The monoisotopic (exact) mass is 280 g/mol. The van der Waals surface area contributed by atoms with Gasteiger partial charge in [-0.3, -0.25) is 0 Å². The zero-order valence-electron chi connectivity index (χ0n) is 11.0. The number of aldehydes is 1. The molecular formula is C16H28N2O2. The number of carbonyl (C=O) groups excluding carboxylic acids is 1. The molecule has 2 fully saturated rings. The van der Waals surface area contributed by atoms with Gasteiger partial charge in [0.2, 0.25) is 0 Å². The average molecular weight is 280 g/mol. The van der Waals surface area contributed by atoms with Crippen molar-refractivity contribution in [3.05, 3.63) is 0 Å². The van der Waals surface area contributed by atoms with E-state index in [1.165, 1.54) is 0 Å². The Kier molecular flexibility index (Phi) is 8.39. The summed E-state index contributed by atoms with van der Waals surface area (Å²) in [7, 11) is 0. The van der Waals surface area contributed by atoms with Crippen LogP contribution in [0.25, 0.3) is 0 Å². The highest BCUT2D eigenvalue weighted by molar-refractivity contribution is 5.56. The summed E-state index contributed by atoms with van der Waals surface area (Å²) < 4.78 is 0. The van der Waals surface area contributed by atoms with Gasteiger partial charge in [0.1, 0.15) is 6.29 Å². The third-order valence-electron chi connectivity index (χ3n) is 3.89. The number of rotatable bonds is 2. The van der Waals surface area contributed by atoms with Crippen LogP contribution in [0.3, 0.4) is 0 Å². The summed E-state index contributed by atoms with van der Waals surface area (Å²) in [6, 6.07) is 4.41. The zero-order valence-corrected chi connectivity index (χ0v) is 11.0. The van der Waals surface area contributed by atoms with Crippen molar-refractivity contribution < 1.29 is 9.90 Å². The number of hydrogen-bond donors (Lipinski definition) is 1. The molecule has 2 rings (SSSR count). The van der Waals surface area contributed by atoms with Crippen LogP contribution in [-0.4, -0.2) is 18.0 Å². The van der Waals surface area contributed by atoms with Crippen LogP contribution in [0, 0.1) is 45.3 Å². The van der Waals surface area contributed by atoms with Crippen LogP contribution < -0.4 is 0 Å². The standard InChI is InChI=1S/C7H11NO.C7H9NO.2CH4/c2*1-7(5-8)2-6(3-7)4-9;;/h6,9H,2-4H2,1H3;4,6H,2-3H2,1H3;2*1H4. The maximum Gasteiger partial charge on any atom is 0.123 e. The molecule has 0 spiro atoms. The van der Waals surface area contributed by atoms with Crippen LogP contribution >= 0.6 is 0 Å². The molecule has 2 saturated carbocycles. The SMILES string of the molecule is C.C.CC1(C#N)CC(C=O)C1.CC1(C#N)CC(CO)C1. The molecule has 1 N–H and O–H groups in total. The number of aliphatic hydroxyl groups is 1. The summed E-state index contributed by atoms with van der Waals surface area (Å²) in [5.74, 6) is 0.560. The molecule has 4 heteroatoms. The predicted octanol–water partition coefficient (Wildman–Crippen LogP) is 3.32. The van der Waals surface area contributed by atoms with Crippen molar-refractivity contribution in [2.45, 2.75) is 54.4 Å². The van der Waals surface area contributed by atoms with Gasteiger partial charge in [0.25, 0.3) is 0 Å². The van der Waals surface area contributed by atoms with Crippen molar-refractivity contribution in [2.24, 2.45) is 22.7 Å². The van der Waals surface area contributed by atoms with Crippen LogP contribution in [-0.2, 0) is 4.79 Å². The molecule has 0 atom stereocenters. The first-order valence-corrected chi connectivity index (χ1v) is 6.29. The highest BCUT2D eigenvalue weighted by Gasteiger charge is 2.40. The summed E-state index contributed by atoms with van der Waals surface area (Å²) in [4.78, 5) is 10.1. The molecule has 0 saturated heterocycles. The van der Waals surface area contributed by atoms with Gasteiger partial charge in [0.15, 0.2) is 0 Å². The molecule has 4 nitrogen and oxygen atoms in total. The maximum absolute atomic E-state index is 10.1. The van der Waals surface area contributed by atoms with E-state index in [0.717, 1.165) is 32.0 Å². The Balaban J connectivity index is 0. The van der Waals surface area contributed by atoms with E-state index in [1.54, 1.807) is 0 Å².